The highest BCUT2D eigenvalue weighted by atomic mass is 16.4. The van der Waals surface area contributed by atoms with Crippen LogP contribution in [0.5, 0.6) is 0 Å². The van der Waals surface area contributed by atoms with Crippen molar-refractivity contribution in [1.82, 2.24) is 9.78 Å². The van der Waals surface area contributed by atoms with Crippen LogP contribution in [0.25, 0.3) is 10.9 Å². The third-order valence-corrected chi connectivity index (χ3v) is 2.71. The molecule has 1 N–H and O–H groups in total. The zero-order valence-corrected chi connectivity index (χ0v) is 9.40. The van der Waals surface area contributed by atoms with Crippen molar-refractivity contribution >= 4 is 16.9 Å². The molecule has 0 aliphatic rings. The normalized spacial score (nSPS) is 10.9. The number of aliphatic carboxylic acids is 1. The molecule has 0 fully saturated rings. The Bertz CT molecular complexity index is 543. The molecule has 0 aliphatic heterocycles. The zero-order chi connectivity index (χ0) is 11.7. The number of aryl methyl sites for hydroxylation is 2. The van der Waals surface area contributed by atoms with Crippen molar-refractivity contribution in [3.05, 3.63) is 29.5 Å². The molecular formula is C12H14N2O2. The Labute approximate surface area is 93.5 Å². The van der Waals surface area contributed by atoms with Gasteiger partial charge in [0.25, 0.3) is 0 Å². The minimum absolute atomic E-state index is 0.0635. The molecule has 0 amide bonds. The van der Waals surface area contributed by atoms with Gasteiger partial charge < -0.3 is 5.11 Å². The largest absolute Gasteiger partial charge is 0.481 e. The number of carboxylic acid groups (broad SMARTS) is 1. The number of aromatic nitrogens is 2. The predicted octanol–water partition coefficient (Wildman–Crippen LogP) is 1.76. The number of hydrogen-bond acceptors (Lipinski definition) is 2. The molecule has 2 rings (SSSR count). The predicted molar refractivity (Wildman–Crippen MR) is 61.4 cm³/mol. The summed E-state index contributed by atoms with van der Waals surface area (Å²) in [6.45, 7) is 2.07. The average Bonchev–Trinajstić information content (AvgIpc) is 2.52. The summed E-state index contributed by atoms with van der Waals surface area (Å²) in [7, 11) is 1.91. The molecule has 0 radical (unpaired) electrons. The highest BCUT2D eigenvalue weighted by Crippen LogP contribution is 2.20. The van der Waals surface area contributed by atoms with E-state index in [2.05, 4.69) is 12.0 Å². The summed E-state index contributed by atoms with van der Waals surface area (Å²) < 4.78 is 1.86. The standard InChI is InChI=1S/C12H14N2O2/c1-3-11-9-6-8(7-12(15)16)4-5-10(9)13-14(11)2/h4-6H,3,7H2,1-2H3,(H,15,16). The molecule has 0 aliphatic carbocycles. The molecule has 0 atom stereocenters. The van der Waals surface area contributed by atoms with Crippen LogP contribution in [-0.2, 0) is 24.7 Å². The molecule has 4 nitrogen and oxygen atoms in total. The second-order valence-corrected chi connectivity index (χ2v) is 3.85. The number of benzene rings is 1. The minimum Gasteiger partial charge on any atom is -0.481 e. The molecule has 1 heterocycles. The van der Waals surface area contributed by atoms with Gasteiger partial charge in [-0.2, -0.15) is 5.10 Å². The van der Waals surface area contributed by atoms with Gasteiger partial charge >= 0.3 is 5.97 Å². The van der Waals surface area contributed by atoms with Crippen molar-refractivity contribution in [3.8, 4) is 0 Å². The van der Waals surface area contributed by atoms with Crippen LogP contribution >= 0.6 is 0 Å². The van der Waals surface area contributed by atoms with Crippen molar-refractivity contribution in [1.29, 1.82) is 0 Å². The van der Waals surface area contributed by atoms with E-state index in [1.54, 1.807) is 0 Å². The lowest BCUT2D eigenvalue weighted by Crippen LogP contribution is -1.99. The minimum atomic E-state index is -0.804. The van der Waals surface area contributed by atoms with E-state index in [0.717, 1.165) is 28.6 Å². The van der Waals surface area contributed by atoms with Crippen molar-refractivity contribution in [3.63, 3.8) is 0 Å². The van der Waals surface area contributed by atoms with E-state index in [1.165, 1.54) is 0 Å². The van der Waals surface area contributed by atoms with Crippen molar-refractivity contribution < 1.29 is 9.90 Å². The van der Waals surface area contributed by atoms with E-state index in [0.29, 0.717) is 0 Å². The smallest absolute Gasteiger partial charge is 0.307 e. The van der Waals surface area contributed by atoms with Gasteiger partial charge in [0.1, 0.15) is 0 Å². The summed E-state index contributed by atoms with van der Waals surface area (Å²) in [5, 5.41) is 14.2. The lowest BCUT2D eigenvalue weighted by Gasteiger charge is -1.99. The Morgan fingerprint density at radius 2 is 2.25 bits per heavy atom. The van der Waals surface area contributed by atoms with Crippen LogP contribution in [0, 0.1) is 0 Å². The molecule has 4 heteroatoms. The molecule has 1 aromatic heterocycles. The number of nitrogens with zero attached hydrogens (tertiary/aromatic N) is 2. The fraction of sp³-hybridized carbons (Fsp3) is 0.333. The molecule has 0 unspecified atom stereocenters. The second kappa shape index (κ2) is 3.96. The number of carboxylic acids is 1. The first-order valence-corrected chi connectivity index (χ1v) is 5.28. The summed E-state index contributed by atoms with van der Waals surface area (Å²) >= 11 is 0. The summed E-state index contributed by atoms with van der Waals surface area (Å²) in [6.07, 6.45) is 0.956. The SMILES string of the molecule is CCc1c2cc(CC(=O)O)ccc2nn1C. The third-order valence-electron chi connectivity index (χ3n) is 2.71. The molecule has 0 bridgehead atoms. The van der Waals surface area contributed by atoms with Gasteiger partial charge in [0.2, 0.25) is 0 Å². The molecule has 84 valence electrons. The lowest BCUT2D eigenvalue weighted by molar-refractivity contribution is -0.136. The first-order chi connectivity index (χ1) is 7.61. The molecule has 0 spiro atoms. The van der Waals surface area contributed by atoms with Gasteiger partial charge in [-0.3, -0.25) is 9.48 Å². The number of carbonyl (C=O) groups is 1. The van der Waals surface area contributed by atoms with Crippen LogP contribution in [0.15, 0.2) is 18.2 Å². The van der Waals surface area contributed by atoms with E-state index in [-0.39, 0.29) is 6.42 Å². The Morgan fingerprint density at radius 3 is 2.88 bits per heavy atom. The Morgan fingerprint density at radius 1 is 1.50 bits per heavy atom. The van der Waals surface area contributed by atoms with Crippen molar-refractivity contribution in [2.24, 2.45) is 7.05 Å². The van der Waals surface area contributed by atoms with E-state index in [4.69, 9.17) is 5.11 Å². The van der Waals surface area contributed by atoms with Gasteiger partial charge in [0.05, 0.1) is 11.9 Å². The van der Waals surface area contributed by atoms with Crippen LogP contribution in [0.4, 0.5) is 0 Å². The Balaban J connectivity index is 2.54. The van der Waals surface area contributed by atoms with Gasteiger partial charge in [-0.25, -0.2) is 0 Å². The van der Waals surface area contributed by atoms with Gasteiger partial charge in [-0.05, 0) is 24.1 Å². The Hall–Kier alpha value is -1.84. The highest BCUT2D eigenvalue weighted by molar-refractivity contribution is 5.83. The Kier molecular flexibility index (Phi) is 2.64. The van der Waals surface area contributed by atoms with E-state index in [9.17, 15) is 4.79 Å². The monoisotopic (exact) mass is 218 g/mol. The van der Waals surface area contributed by atoms with Crippen LogP contribution in [0.1, 0.15) is 18.2 Å². The fourth-order valence-electron chi connectivity index (χ4n) is 2.00. The van der Waals surface area contributed by atoms with Crippen LogP contribution in [0.3, 0.4) is 0 Å². The number of rotatable bonds is 3. The quantitative estimate of drug-likeness (QED) is 0.854. The summed E-state index contributed by atoms with van der Waals surface area (Å²) in [5.74, 6) is -0.804. The topological polar surface area (TPSA) is 55.1 Å². The number of hydrogen-bond donors (Lipinski definition) is 1. The van der Waals surface area contributed by atoms with Crippen LogP contribution in [0.2, 0.25) is 0 Å². The molecule has 0 saturated heterocycles. The number of fused-ring (bicyclic) bond motifs is 1. The lowest BCUT2D eigenvalue weighted by atomic mass is 10.1. The third kappa shape index (κ3) is 1.78. The average molecular weight is 218 g/mol. The van der Waals surface area contributed by atoms with Gasteiger partial charge in [0.15, 0.2) is 0 Å². The second-order valence-electron chi connectivity index (χ2n) is 3.85. The van der Waals surface area contributed by atoms with Crippen LogP contribution in [-0.4, -0.2) is 20.9 Å². The van der Waals surface area contributed by atoms with Gasteiger partial charge in [-0.15, -0.1) is 0 Å². The van der Waals surface area contributed by atoms with Crippen molar-refractivity contribution in [2.45, 2.75) is 19.8 Å². The van der Waals surface area contributed by atoms with Gasteiger partial charge in [0, 0.05) is 18.1 Å². The van der Waals surface area contributed by atoms with Crippen LogP contribution < -0.4 is 0 Å². The van der Waals surface area contributed by atoms with Gasteiger partial charge in [-0.1, -0.05) is 13.0 Å². The van der Waals surface area contributed by atoms with E-state index in [1.807, 2.05) is 29.9 Å². The highest BCUT2D eigenvalue weighted by Gasteiger charge is 2.08. The maximum atomic E-state index is 10.6. The zero-order valence-electron chi connectivity index (χ0n) is 9.40. The summed E-state index contributed by atoms with van der Waals surface area (Å²) in [6, 6.07) is 5.63. The molecule has 0 saturated carbocycles. The molecule has 16 heavy (non-hydrogen) atoms. The first-order valence-electron chi connectivity index (χ1n) is 5.28. The summed E-state index contributed by atoms with van der Waals surface area (Å²) in [4.78, 5) is 10.6. The fourth-order valence-corrected chi connectivity index (χ4v) is 2.00. The van der Waals surface area contributed by atoms with E-state index < -0.39 is 5.97 Å². The molecule has 1 aromatic carbocycles. The molecule has 2 aromatic rings. The summed E-state index contributed by atoms with van der Waals surface area (Å²) in [5.41, 5.74) is 2.89. The first kappa shape index (κ1) is 10.7. The molecular weight excluding hydrogens is 204 g/mol. The maximum Gasteiger partial charge on any atom is 0.307 e. The van der Waals surface area contributed by atoms with E-state index >= 15 is 0 Å². The maximum absolute atomic E-state index is 10.6. The van der Waals surface area contributed by atoms with Crippen molar-refractivity contribution in [2.75, 3.05) is 0 Å².